The molecule has 0 unspecified atom stereocenters. The number of halogens is 3. The van der Waals surface area contributed by atoms with Gasteiger partial charge in [-0.2, -0.15) is 0 Å². The maximum Gasteiger partial charge on any atom is 0.180 e. The minimum absolute atomic E-state index is 0.0311. The predicted octanol–water partition coefficient (Wildman–Crippen LogP) is 2.84. The molecule has 0 N–H and O–H groups in total. The molecule has 1 nitrogen and oxygen atoms in total. The van der Waals surface area contributed by atoms with Crippen LogP contribution in [0.5, 0.6) is 5.75 Å². The lowest BCUT2D eigenvalue weighted by Gasteiger charge is -2.04. The first-order chi connectivity index (χ1) is 5.57. The molecule has 0 saturated heterocycles. The van der Waals surface area contributed by atoms with Crippen LogP contribution in [0, 0.1) is 25.5 Å². The second kappa shape index (κ2) is 3.05. The second-order valence-electron chi connectivity index (χ2n) is 2.50. The molecule has 0 aliphatic heterocycles. The van der Waals surface area contributed by atoms with Gasteiger partial charge in [0.05, 0.1) is 0 Å². The normalized spacial score (nSPS) is 10.1. The van der Waals surface area contributed by atoms with Crippen LogP contribution >= 0.6 is 0 Å². The van der Waals surface area contributed by atoms with E-state index in [1.54, 1.807) is 0 Å². The Morgan fingerprint density at radius 3 is 2.25 bits per heavy atom. The third-order valence-electron chi connectivity index (χ3n) is 1.73. The lowest BCUT2D eigenvalue weighted by atomic mass is 10.1. The highest BCUT2D eigenvalue weighted by molar-refractivity contribution is 5.37. The predicted molar refractivity (Wildman–Crippen MR) is 37.6 cm³/mol. The van der Waals surface area contributed by atoms with E-state index in [0.29, 0.717) is 0 Å². The van der Waals surface area contributed by atoms with Gasteiger partial charge in [0.2, 0.25) is 0 Å². The molecule has 0 radical (unpaired) electrons. The molecule has 0 fully saturated rings. The SMILES string of the molecule is Cc1c(F)cc(OF)c(C)c1F. The Bertz CT molecular complexity index is 310. The minimum atomic E-state index is -0.814. The zero-order valence-corrected chi connectivity index (χ0v) is 6.62. The lowest BCUT2D eigenvalue weighted by molar-refractivity contribution is -0.00782. The molecule has 1 rings (SSSR count). The van der Waals surface area contributed by atoms with E-state index in [2.05, 4.69) is 4.94 Å². The molecule has 0 atom stereocenters. The van der Waals surface area contributed by atoms with E-state index in [4.69, 9.17) is 0 Å². The Morgan fingerprint density at radius 1 is 1.17 bits per heavy atom. The van der Waals surface area contributed by atoms with Crippen molar-refractivity contribution in [2.75, 3.05) is 0 Å². The zero-order chi connectivity index (χ0) is 9.30. The average molecular weight is 176 g/mol. The summed E-state index contributed by atoms with van der Waals surface area (Å²) in [5.74, 6) is -2.01. The Labute approximate surface area is 67.7 Å². The molecule has 1 aromatic carbocycles. The fourth-order valence-corrected chi connectivity index (χ4v) is 0.906. The van der Waals surface area contributed by atoms with E-state index in [-0.39, 0.29) is 11.1 Å². The van der Waals surface area contributed by atoms with Crippen LogP contribution < -0.4 is 4.94 Å². The van der Waals surface area contributed by atoms with Crippen LogP contribution in [0.4, 0.5) is 13.3 Å². The summed E-state index contributed by atoms with van der Waals surface area (Å²) in [7, 11) is 0. The van der Waals surface area contributed by atoms with Gasteiger partial charge in [-0.05, 0) is 13.8 Å². The summed E-state index contributed by atoms with van der Waals surface area (Å²) in [6, 6.07) is 0.813. The monoisotopic (exact) mass is 176 g/mol. The van der Waals surface area contributed by atoms with Gasteiger partial charge in [-0.25, -0.2) is 8.78 Å². The Balaban J connectivity index is 3.39. The van der Waals surface area contributed by atoms with E-state index in [9.17, 15) is 13.3 Å². The first-order valence-corrected chi connectivity index (χ1v) is 3.31. The fourth-order valence-electron chi connectivity index (χ4n) is 0.906. The largest absolute Gasteiger partial charge is 0.294 e. The van der Waals surface area contributed by atoms with Crippen molar-refractivity contribution >= 4 is 0 Å². The van der Waals surface area contributed by atoms with Gasteiger partial charge in [-0.3, -0.25) is 4.94 Å². The zero-order valence-electron chi connectivity index (χ0n) is 6.62. The third kappa shape index (κ3) is 1.24. The quantitative estimate of drug-likeness (QED) is 0.639. The van der Waals surface area contributed by atoms with Gasteiger partial charge in [-0.15, -0.1) is 0 Å². The van der Waals surface area contributed by atoms with Crippen molar-refractivity contribution in [1.29, 1.82) is 0 Å². The molecule has 0 amide bonds. The van der Waals surface area contributed by atoms with Crippen LogP contribution in [-0.2, 0) is 0 Å². The van der Waals surface area contributed by atoms with Gasteiger partial charge < -0.3 is 0 Å². The van der Waals surface area contributed by atoms with Gasteiger partial charge in [0.15, 0.2) is 5.75 Å². The molecule has 0 heterocycles. The Kier molecular flexibility index (Phi) is 2.26. The third-order valence-corrected chi connectivity index (χ3v) is 1.73. The molecule has 0 spiro atoms. The van der Waals surface area contributed by atoms with Crippen LogP contribution in [0.2, 0.25) is 0 Å². The molecule has 0 saturated carbocycles. The molecule has 0 aromatic heterocycles. The van der Waals surface area contributed by atoms with Crippen molar-refractivity contribution in [1.82, 2.24) is 0 Å². The van der Waals surface area contributed by atoms with Crippen LogP contribution in [0.3, 0.4) is 0 Å². The Morgan fingerprint density at radius 2 is 1.75 bits per heavy atom. The van der Waals surface area contributed by atoms with E-state index >= 15 is 0 Å². The van der Waals surface area contributed by atoms with Crippen molar-refractivity contribution in [3.63, 3.8) is 0 Å². The molecular weight excluding hydrogens is 169 g/mol. The van der Waals surface area contributed by atoms with Crippen molar-refractivity contribution in [3.8, 4) is 5.75 Å². The molecule has 66 valence electrons. The summed E-state index contributed by atoms with van der Waals surface area (Å²) >= 11 is 0. The fraction of sp³-hybridized carbons (Fsp3) is 0.250. The summed E-state index contributed by atoms with van der Waals surface area (Å²) in [6.07, 6.45) is 0. The average Bonchev–Trinajstić information content (AvgIpc) is 2.08. The highest BCUT2D eigenvalue weighted by Crippen LogP contribution is 2.25. The summed E-state index contributed by atoms with van der Waals surface area (Å²) in [4.78, 5) is 3.28. The van der Waals surface area contributed by atoms with Crippen molar-refractivity contribution < 1.29 is 18.2 Å². The van der Waals surface area contributed by atoms with Gasteiger partial charge in [0.25, 0.3) is 0 Å². The highest BCUT2D eigenvalue weighted by Gasteiger charge is 2.13. The molecule has 12 heavy (non-hydrogen) atoms. The maximum absolute atomic E-state index is 13.0. The van der Waals surface area contributed by atoms with Gasteiger partial charge in [0, 0.05) is 21.7 Å². The van der Waals surface area contributed by atoms with Gasteiger partial charge in [0.1, 0.15) is 11.6 Å². The second-order valence-corrected chi connectivity index (χ2v) is 2.50. The highest BCUT2D eigenvalue weighted by atomic mass is 19.3. The Hall–Kier alpha value is -1.19. The van der Waals surface area contributed by atoms with Crippen molar-refractivity contribution in [2.24, 2.45) is 0 Å². The molecule has 0 aliphatic carbocycles. The molecule has 0 aliphatic rings. The van der Waals surface area contributed by atoms with Crippen LogP contribution in [0.1, 0.15) is 11.1 Å². The van der Waals surface area contributed by atoms with E-state index in [1.165, 1.54) is 13.8 Å². The summed E-state index contributed by atoms with van der Waals surface area (Å²) in [5.41, 5.74) is -0.162. The maximum atomic E-state index is 13.0. The van der Waals surface area contributed by atoms with Gasteiger partial charge >= 0.3 is 0 Å². The number of hydrogen-bond acceptors (Lipinski definition) is 1. The number of hydrogen-bond donors (Lipinski definition) is 0. The molecular formula is C8H7F3O. The van der Waals surface area contributed by atoms with Crippen molar-refractivity contribution in [3.05, 3.63) is 28.8 Å². The minimum Gasteiger partial charge on any atom is -0.294 e. The van der Waals surface area contributed by atoms with Crippen LogP contribution in [0.15, 0.2) is 6.07 Å². The summed E-state index contributed by atoms with van der Waals surface area (Å²) in [6.45, 7) is 2.59. The standard InChI is InChI=1S/C8H7F3O/c1-4-6(9)3-7(12-11)5(2)8(4)10/h3H,1-2H3. The summed E-state index contributed by atoms with van der Waals surface area (Å²) in [5, 5.41) is 0. The topological polar surface area (TPSA) is 9.23 Å². The molecule has 1 aromatic rings. The van der Waals surface area contributed by atoms with E-state index in [1.807, 2.05) is 0 Å². The number of rotatable bonds is 1. The molecule has 0 bridgehead atoms. The number of benzene rings is 1. The van der Waals surface area contributed by atoms with Crippen molar-refractivity contribution in [2.45, 2.75) is 13.8 Å². The first-order valence-electron chi connectivity index (χ1n) is 3.31. The van der Waals surface area contributed by atoms with Crippen LogP contribution in [0.25, 0.3) is 0 Å². The first kappa shape index (κ1) is 8.90. The lowest BCUT2D eigenvalue weighted by Crippen LogP contribution is -1.95. The molecule has 4 heteroatoms. The smallest absolute Gasteiger partial charge is 0.180 e. The van der Waals surface area contributed by atoms with E-state index < -0.39 is 17.4 Å². The summed E-state index contributed by atoms with van der Waals surface area (Å²) < 4.78 is 37.3. The van der Waals surface area contributed by atoms with Gasteiger partial charge in [-0.1, -0.05) is 0 Å². The van der Waals surface area contributed by atoms with Crippen LogP contribution in [-0.4, -0.2) is 0 Å². The van der Waals surface area contributed by atoms with E-state index in [0.717, 1.165) is 6.07 Å².